The molecule has 22 heavy (non-hydrogen) atoms. The van der Waals surface area contributed by atoms with E-state index in [1.165, 1.54) is 13.2 Å². The van der Waals surface area contributed by atoms with E-state index in [1.807, 2.05) is 13.1 Å². The van der Waals surface area contributed by atoms with Crippen LogP contribution in [0.2, 0.25) is 0 Å². The molecule has 116 valence electrons. The first-order valence-electron chi connectivity index (χ1n) is 6.90. The number of methoxy groups -OCH3 is 1. The fraction of sp³-hybridized carbons (Fsp3) is 0.312. The maximum absolute atomic E-state index is 11.6. The van der Waals surface area contributed by atoms with E-state index in [2.05, 4.69) is 4.90 Å². The number of benzene rings is 1. The van der Waals surface area contributed by atoms with Crippen LogP contribution in [0.5, 0.6) is 5.75 Å². The highest BCUT2D eigenvalue weighted by molar-refractivity contribution is 6.18. The second kappa shape index (κ2) is 6.02. The minimum absolute atomic E-state index is 0.409. The lowest BCUT2D eigenvalue weighted by Gasteiger charge is -2.17. The summed E-state index contributed by atoms with van der Waals surface area (Å²) in [4.78, 5) is 13.7. The molecular weight excluding hydrogens is 306 g/mol. The average molecular weight is 322 g/mol. The normalized spacial score (nSPS) is 11.6. The summed E-state index contributed by atoms with van der Waals surface area (Å²) in [6.45, 7) is 1.42. The van der Waals surface area contributed by atoms with Crippen molar-refractivity contribution >= 4 is 33.5 Å². The Kier molecular flexibility index (Phi) is 4.09. The number of halogens is 1. The lowest BCUT2D eigenvalue weighted by atomic mass is 10.0. The first-order valence-corrected chi connectivity index (χ1v) is 7.43. The molecule has 0 saturated carbocycles. The van der Waals surface area contributed by atoms with Gasteiger partial charge in [0.05, 0.1) is 13.4 Å². The molecule has 0 N–H and O–H groups in total. The molecule has 2 aromatic heterocycles. The predicted molar refractivity (Wildman–Crippen MR) is 85.9 cm³/mol. The van der Waals surface area contributed by atoms with Crippen molar-refractivity contribution in [3.05, 3.63) is 40.4 Å². The van der Waals surface area contributed by atoms with Crippen LogP contribution in [0.1, 0.15) is 5.56 Å². The van der Waals surface area contributed by atoms with Gasteiger partial charge in [0.25, 0.3) is 0 Å². The minimum atomic E-state index is -0.420. The lowest BCUT2D eigenvalue weighted by Crippen LogP contribution is -2.20. The molecule has 0 aliphatic rings. The summed E-state index contributed by atoms with van der Waals surface area (Å²) in [6.07, 6.45) is 1.61. The van der Waals surface area contributed by atoms with Crippen molar-refractivity contribution in [2.24, 2.45) is 0 Å². The fourth-order valence-corrected chi connectivity index (χ4v) is 2.93. The molecule has 0 aliphatic carbocycles. The molecule has 0 saturated heterocycles. The van der Waals surface area contributed by atoms with E-state index in [0.29, 0.717) is 29.3 Å². The third kappa shape index (κ3) is 2.46. The maximum Gasteiger partial charge on any atom is 0.336 e. The van der Waals surface area contributed by atoms with Crippen LogP contribution in [-0.4, -0.2) is 31.5 Å². The number of hydrogen-bond donors (Lipinski definition) is 0. The van der Waals surface area contributed by atoms with Crippen LogP contribution < -0.4 is 10.4 Å². The third-order valence-electron chi connectivity index (χ3n) is 3.66. The Labute approximate surface area is 132 Å². The second-order valence-corrected chi connectivity index (χ2v) is 5.48. The van der Waals surface area contributed by atoms with E-state index in [9.17, 15) is 4.79 Å². The Hall–Kier alpha value is -1.98. The summed E-state index contributed by atoms with van der Waals surface area (Å²) >= 11 is 5.81. The van der Waals surface area contributed by atoms with E-state index in [1.54, 1.807) is 12.3 Å². The van der Waals surface area contributed by atoms with Gasteiger partial charge >= 0.3 is 5.63 Å². The Morgan fingerprint density at radius 3 is 2.73 bits per heavy atom. The molecule has 0 bridgehead atoms. The second-order valence-electron chi connectivity index (χ2n) is 5.10. The standard InChI is InChI=1S/C16H16ClNO4/c1-18(7-6-17)9-12-10-3-4-13(19)22-15(10)16(20-2)14-11(12)5-8-21-14/h3-5,8H,6-7,9H2,1-2H3. The van der Waals surface area contributed by atoms with Gasteiger partial charge < -0.3 is 18.5 Å². The molecule has 3 rings (SSSR count). The van der Waals surface area contributed by atoms with Crippen LogP contribution in [0.3, 0.4) is 0 Å². The van der Waals surface area contributed by atoms with Crippen molar-refractivity contribution in [3.63, 3.8) is 0 Å². The molecule has 2 heterocycles. The zero-order chi connectivity index (χ0) is 15.7. The van der Waals surface area contributed by atoms with Crippen LogP contribution in [-0.2, 0) is 6.54 Å². The summed E-state index contributed by atoms with van der Waals surface area (Å²) < 4.78 is 16.3. The van der Waals surface area contributed by atoms with Gasteiger partial charge in [-0.1, -0.05) is 0 Å². The van der Waals surface area contributed by atoms with Gasteiger partial charge in [-0.2, -0.15) is 0 Å². The van der Waals surface area contributed by atoms with Crippen molar-refractivity contribution in [2.45, 2.75) is 6.54 Å². The van der Waals surface area contributed by atoms with Crippen LogP contribution >= 0.6 is 11.6 Å². The average Bonchev–Trinajstić information content (AvgIpc) is 2.96. The van der Waals surface area contributed by atoms with Gasteiger partial charge in [-0.3, -0.25) is 0 Å². The van der Waals surface area contributed by atoms with Crippen molar-refractivity contribution < 1.29 is 13.6 Å². The van der Waals surface area contributed by atoms with Gasteiger partial charge in [0.15, 0.2) is 11.2 Å². The van der Waals surface area contributed by atoms with E-state index in [0.717, 1.165) is 22.9 Å². The molecule has 0 aliphatic heterocycles. The highest BCUT2D eigenvalue weighted by Gasteiger charge is 2.19. The van der Waals surface area contributed by atoms with Gasteiger partial charge in [0.2, 0.25) is 5.75 Å². The molecule has 0 radical (unpaired) electrons. The monoisotopic (exact) mass is 321 g/mol. The first-order chi connectivity index (χ1) is 10.7. The molecule has 1 aromatic carbocycles. The SMILES string of the molecule is COc1c2occc2c(CN(C)CCCl)c2ccc(=O)oc12. The van der Waals surface area contributed by atoms with E-state index < -0.39 is 5.63 Å². The Morgan fingerprint density at radius 2 is 2.00 bits per heavy atom. The third-order valence-corrected chi connectivity index (χ3v) is 3.83. The smallest absolute Gasteiger partial charge is 0.336 e. The van der Waals surface area contributed by atoms with Crippen molar-refractivity contribution in [3.8, 4) is 5.75 Å². The summed E-state index contributed by atoms with van der Waals surface area (Å²) in [5.74, 6) is 0.991. The number of ether oxygens (including phenoxy) is 1. The first kappa shape index (κ1) is 14.9. The molecular formula is C16H16ClNO4. The fourth-order valence-electron chi connectivity index (χ4n) is 2.64. The number of nitrogens with zero attached hydrogens (tertiary/aromatic N) is 1. The zero-order valence-electron chi connectivity index (χ0n) is 12.4. The van der Waals surface area contributed by atoms with Crippen molar-refractivity contribution in [1.82, 2.24) is 4.90 Å². The van der Waals surface area contributed by atoms with Crippen molar-refractivity contribution in [1.29, 1.82) is 0 Å². The van der Waals surface area contributed by atoms with Gasteiger partial charge in [-0.15, -0.1) is 11.6 Å². The molecule has 5 nitrogen and oxygen atoms in total. The van der Waals surface area contributed by atoms with E-state index >= 15 is 0 Å². The van der Waals surface area contributed by atoms with E-state index in [4.69, 9.17) is 25.2 Å². The maximum atomic E-state index is 11.6. The number of rotatable bonds is 5. The largest absolute Gasteiger partial charge is 0.490 e. The predicted octanol–water partition coefficient (Wildman–Crippen LogP) is 3.22. The molecule has 0 spiro atoms. The molecule has 0 amide bonds. The Bertz CT molecular complexity index is 868. The summed E-state index contributed by atoms with van der Waals surface area (Å²) in [5, 5.41) is 1.78. The minimum Gasteiger partial charge on any atom is -0.490 e. The number of fused-ring (bicyclic) bond motifs is 2. The molecule has 6 heteroatoms. The lowest BCUT2D eigenvalue weighted by molar-refractivity contribution is 0.350. The van der Waals surface area contributed by atoms with Gasteiger partial charge in [-0.25, -0.2) is 4.79 Å². The quantitative estimate of drug-likeness (QED) is 0.533. The zero-order valence-corrected chi connectivity index (χ0v) is 13.1. The summed E-state index contributed by atoms with van der Waals surface area (Å²) in [6, 6.07) is 5.07. The van der Waals surface area contributed by atoms with Crippen LogP contribution in [0.25, 0.3) is 21.9 Å². The molecule has 0 atom stereocenters. The summed E-state index contributed by atoms with van der Waals surface area (Å²) in [7, 11) is 3.52. The van der Waals surface area contributed by atoms with Gasteiger partial charge in [0.1, 0.15) is 0 Å². The molecule has 0 fully saturated rings. The van der Waals surface area contributed by atoms with Crippen LogP contribution in [0.4, 0.5) is 0 Å². The number of furan rings is 1. The molecule has 0 unspecified atom stereocenters. The molecule has 3 aromatic rings. The topological polar surface area (TPSA) is 55.8 Å². The van der Waals surface area contributed by atoms with Crippen LogP contribution in [0.15, 0.2) is 38.1 Å². The van der Waals surface area contributed by atoms with Gasteiger partial charge in [-0.05, 0) is 24.7 Å². The van der Waals surface area contributed by atoms with E-state index in [-0.39, 0.29) is 0 Å². The highest BCUT2D eigenvalue weighted by atomic mass is 35.5. The van der Waals surface area contributed by atoms with Crippen molar-refractivity contribution in [2.75, 3.05) is 26.6 Å². The Morgan fingerprint density at radius 1 is 1.23 bits per heavy atom. The van der Waals surface area contributed by atoms with Crippen LogP contribution in [0, 0.1) is 0 Å². The highest BCUT2D eigenvalue weighted by Crippen LogP contribution is 2.38. The summed E-state index contributed by atoms with van der Waals surface area (Å²) in [5.41, 5.74) is 1.60. The number of hydrogen-bond acceptors (Lipinski definition) is 5. The van der Waals surface area contributed by atoms with Gasteiger partial charge in [0, 0.05) is 35.8 Å². The Balaban J connectivity index is 2.32. The number of alkyl halides is 1.